The maximum Gasteiger partial charge on any atom is 0.327 e. The maximum atomic E-state index is 11.3. The van der Waals surface area contributed by atoms with Crippen LogP contribution in [0.25, 0.3) is 11.2 Å². The molecule has 0 atom stereocenters. The van der Waals surface area contributed by atoms with Gasteiger partial charge in [-0.25, -0.2) is 20.6 Å². The van der Waals surface area contributed by atoms with E-state index >= 15 is 0 Å². The van der Waals surface area contributed by atoms with E-state index in [-0.39, 0.29) is 5.69 Å². The molecule has 14 heavy (non-hydrogen) atoms. The highest BCUT2D eigenvalue weighted by molar-refractivity contribution is 5.82. The van der Waals surface area contributed by atoms with Crippen molar-refractivity contribution in [2.75, 3.05) is 12.1 Å². The van der Waals surface area contributed by atoms with Crippen molar-refractivity contribution in [3.8, 4) is 0 Å². The van der Waals surface area contributed by atoms with Crippen molar-refractivity contribution in [1.29, 1.82) is 0 Å². The zero-order chi connectivity index (χ0) is 10.3. The van der Waals surface area contributed by atoms with Gasteiger partial charge in [0.15, 0.2) is 11.5 Å². The molecule has 0 aliphatic heterocycles. The summed E-state index contributed by atoms with van der Waals surface area (Å²) in [7, 11) is 3.28. The van der Waals surface area contributed by atoms with E-state index in [2.05, 4.69) is 15.0 Å². The lowest BCUT2D eigenvalue weighted by molar-refractivity contribution is 0.877. The minimum atomic E-state index is -0.233. The zero-order valence-electron chi connectivity index (χ0n) is 7.85. The van der Waals surface area contributed by atoms with Gasteiger partial charge < -0.3 is 4.98 Å². The molecule has 7 heteroatoms. The molecule has 2 aromatic rings. The van der Waals surface area contributed by atoms with Crippen molar-refractivity contribution < 1.29 is 0 Å². The predicted octanol–water partition coefficient (Wildman–Crippen LogP) is -1.03. The molecule has 0 saturated heterocycles. The van der Waals surface area contributed by atoms with Crippen LogP contribution in [0.15, 0.2) is 11.1 Å². The van der Waals surface area contributed by atoms with Gasteiger partial charge >= 0.3 is 5.69 Å². The monoisotopic (exact) mass is 194 g/mol. The Kier molecular flexibility index (Phi) is 1.74. The number of aromatic amines is 1. The number of nitrogens with one attached hydrogen (secondary N) is 1. The van der Waals surface area contributed by atoms with Crippen molar-refractivity contribution in [2.24, 2.45) is 12.9 Å². The number of imidazole rings is 1. The summed E-state index contributed by atoms with van der Waals surface area (Å²) in [5.41, 5.74) is 0.853. The van der Waals surface area contributed by atoms with E-state index in [4.69, 9.17) is 5.84 Å². The number of hydrogen-bond acceptors (Lipinski definition) is 5. The molecule has 7 nitrogen and oxygen atoms in total. The number of nitrogens with zero attached hydrogens (tertiary/aromatic N) is 4. The van der Waals surface area contributed by atoms with E-state index in [1.807, 2.05) is 0 Å². The lowest BCUT2D eigenvalue weighted by Crippen LogP contribution is -2.26. The lowest BCUT2D eigenvalue weighted by atomic mass is 10.5. The number of aromatic nitrogens is 4. The fourth-order valence-corrected chi connectivity index (χ4v) is 1.29. The minimum absolute atomic E-state index is 0.233. The first kappa shape index (κ1) is 8.70. The highest BCUT2D eigenvalue weighted by Gasteiger charge is 2.11. The first-order valence-corrected chi connectivity index (χ1v) is 3.99. The molecule has 2 rings (SSSR count). The normalized spacial score (nSPS) is 10.8. The quantitative estimate of drug-likeness (QED) is 0.447. The van der Waals surface area contributed by atoms with Gasteiger partial charge in [0.25, 0.3) is 0 Å². The lowest BCUT2D eigenvalue weighted by Gasteiger charge is -2.10. The van der Waals surface area contributed by atoms with Gasteiger partial charge in [-0.15, -0.1) is 0 Å². The molecular formula is C7H10N6O. The van der Waals surface area contributed by atoms with Gasteiger partial charge in [-0.05, 0) is 0 Å². The molecule has 2 heterocycles. The number of fused-ring (bicyclic) bond motifs is 1. The summed E-state index contributed by atoms with van der Waals surface area (Å²) in [6.07, 6.45) is 1.37. The van der Waals surface area contributed by atoms with Gasteiger partial charge in [0.05, 0.1) is 0 Å². The molecule has 0 fully saturated rings. The topological polar surface area (TPSA) is 92.8 Å². The molecule has 0 unspecified atom stereocenters. The fourth-order valence-electron chi connectivity index (χ4n) is 1.29. The van der Waals surface area contributed by atoms with E-state index in [9.17, 15) is 4.79 Å². The van der Waals surface area contributed by atoms with Crippen molar-refractivity contribution >= 4 is 17.0 Å². The van der Waals surface area contributed by atoms with Crippen LogP contribution < -0.4 is 16.5 Å². The zero-order valence-corrected chi connectivity index (χ0v) is 7.85. The van der Waals surface area contributed by atoms with Crippen molar-refractivity contribution in [3.05, 3.63) is 16.8 Å². The van der Waals surface area contributed by atoms with Crippen LogP contribution in [-0.4, -0.2) is 26.6 Å². The summed E-state index contributed by atoms with van der Waals surface area (Å²) < 4.78 is 1.41. The first-order chi connectivity index (χ1) is 6.61. The molecule has 0 aromatic carbocycles. The van der Waals surface area contributed by atoms with Crippen LogP contribution in [0.2, 0.25) is 0 Å². The van der Waals surface area contributed by atoms with Crippen LogP contribution in [0.5, 0.6) is 0 Å². The van der Waals surface area contributed by atoms with Gasteiger partial charge in [-0.3, -0.25) is 9.58 Å². The number of hydrogen-bond donors (Lipinski definition) is 2. The van der Waals surface area contributed by atoms with Gasteiger partial charge in [0, 0.05) is 14.1 Å². The van der Waals surface area contributed by atoms with E-state index < -0.39 is 0 Å². The third-order valence-corrected chi connectivity index (χ3v) is 2.00. The van der Waals surface area contributed by atoms with E-state index in [1.54, 1.807) is 14.1 Å². The highest BCUT2D eigenvalue weighted by Crippen LogP contribution is 2.15. The second kappa shape index (κ2) is 2.81. The predicted molar refractivity (Wildman–Crippen MR) is 51.7 cm³/mol. The van der Waals surface area contributed by atoms with Crippen LogP contribution >= 0.6 is 0 Å². The molecule has 3 N–H and O–H groups in total. The summed E-state index contributed by atoms with van der Waals surface area (Å²) >= 11 is 0. The molecule has 2 aromatic heterocycles. The Labute approximate surface area is 79.2 Å². The number of H-pyrrole nitrogens is 1. The van der Waals surface area contributed by atoms with Gasteiger partial charge in [0.2, 0.25) is 0 Å². The Morgan fingerprint density at radius 1 is 1.57 bits per heavy atom. The molecular weight excluding hydrogens is 184 g/mol. The van der Waals surface area contributed by atoms with Crippen molar-refractivity contribution in [3.63, 3.8) is 0 Å². The highest BCUT2D eigenvalue weighted by atomic mass is 16.1. The Bertz CT molecular complexity index is 524. The van der Waals surface area contributed by atoms with E-state index in [1.165, 1.54) is 15.9 Å². The van der Waals surface area contributed by atoms with Crippen LogP contribution in [0, 0.1) is 0 Å². The molecule has 0 aliphatic rings. The summed E-state index contributed by atoms with van der Waals surface area (Å²) in [6, 6.07) is 0. The van der Waals surface area contributed by atoms with Crippen molar-refractivity contribution in [1.82, 2.24) is 19.5 Å². The largest absolute Gasteiger partial charge is 0.327 e. The summed E-state index contributed by atoms with van der Waals surface area (Å²) in [5.74, 6) is 6.04. The standard InChI is InChI=1S/C7H10N6O/c1-12-5-4(11-7(12)14)6(13(2)8)10-3-9-5/h3H,8H2,1-2H3,(H,11,14). The third kappa shape index (κ3) is 1.06. The molecule has 0 spiro atoms. The van der Waals surface area contributed by atoms with Crippen LogP contribution in [0.4, 0.5) is 5.82 Å². The van der Waals surface area contributed by atoms with E-state index in [0.29, 0.717) is 17.0 Å². The van der Waals surface area contributed by atoms with Gasteiger partial charge in [-0.1, -0.05) is 0 Å². The Morgan fingerprint density at radius 3 is 2.93 bits per heavy atom. The number of rotatable bonds is 1. The Balaban J connectivity index is 2.88. The average Bonchev–Trinajstić information content (AvgIpc) is 2.43. The third-order valence-electron chi connectivity index (χ3n) is 2.00. The SMILES string of the molecule is CN(N)c1ncnc2c1[nH]c(=O)n2C. The number of anilines is 1. The Hall–Kier alpha value is -1.89. The molecule has 0 aliphatic carbocycles. The summed E-state index contributed by atoms with van der Waals surface area (Å²) in [4.78, 5) is 21.9. The van der Waals surface area contributed by atoms with Crippen LogP contribution in [0.1, 0.15) is 0 Å². The van der Waals surface area contributed by atoms with Crippen LogP contribution in [0.3, 0.4) is 0 Å². The summed E-state index contributed by atoms with van der Waals surface area (Å²) in [6.45, 7) is 0. The maximum absolute atomic E-state index is 11.3. The van der Waals surface area contributed by atoms with Gasteiger partial charge in [0.1, 0.15) is 11.8 Å². The second-order valence-corrected chi connectivity index (χ2v) is 3.00. The molecule has 0 saturated carbocycles. The molecule has 74 valence electrons. The fraction of sp³-hybridized carbons (Fsp3) is 0.286. The summed E-state index contributed by atoms with van der Waals surface area (Å²) in [5, 5.41) is 1.33. The van der Waals surface area contributed by atoms with E-state index in [0.717, 1.165) is 0 Å². The molecule has 0 amide bonds. The smallest absolute Gasteiger partial charge is 0.301 e. The molecule has 0 bridgehead atoms. The number of hydrazine groups is 1. The van der Waals surface area contributed by atoms with Crippen LogP contribution in [-0.2, 0) is 7.05 Å². The minimum Gasteiger partial charge on any atom is -0.301 e. The average molecular weight is 194 g/mol. The Morgan fingerprint density at radius 2 is 2.29 bits per heavy atom. The number of nitrogens with two attached hydrogens (primary N) is 1. The first-order valence-electron chi connectivity index (χ1n) is 3.99. The van der Waals surface area contributed by atoms with Crippen molar-refractivity contribution in [2.45, 2.75) is 0 Å². The number of aryl methyl sites for hydroxylation is 1. The second-order valence-electron chi connectivity index (χ2n) is 3.00. The van der Waals surface area contributed by atoms with Gasteiger partial charge in [-0.2, -0.15) is 0 Å². The molecule has 0 radical (unpaired) electrons.